The van der Waals surface area contributed by atoms with Crippen LogP contribution < -0.4 is 5.32 Å². The van der Waals surface area contributed by atoms with Gasteiger partial charge < -0.3 is 5.32 Å². The number of carbonyl (C=O) groups is 1. The van der Waals surface area contributed by atoms with E-state index in [1.54, 1.807) is 0 Å². The lowest BCUT2D eigenvalue weighted by Gasteiger charge is -2.30. The van der Waals surface area contributed by atoms with E-state index in [0.717, 1.165) is 23.6 Å². The van der Waals surface area contributed by atoms with Crippen molar-refractivity contribution >= 4 is 5.91 Å². The Labute approximate surface area is 176 Å². The van der Waals surface area contributed by atoms with Gasteiger partial charge in [-0.15, -0.1) is 0 Å². The molecule has 1 aliphatic heterocycles. The first-order chi connectivity index (χ1) is 13.7. The quantitative estimate of drug-likeness (QED) is 0.707. The molecule has 1 amide bonds. The van der Waals surface area contributed by atoms with E-state index in [9.17, 15) is 4.79 Å². The zero-order valence-corrected chi connectivity index (χ0v) is 18.7. The van der Waals surface area contributed by atoms with Gasteiger partial charge in [0.2, 0.25) is 0 Å². The lowest BCUT2D eigenvalue weighted by molar-refractivity contribution is 0.0940. The van der Waals surface area contributed by atoms with Crippen LogP contribution in [-0.2, 0) is 12.0 Å². The van der Waals surface area contributed by atoms with Gasteiger partial charge in [0.25, 0.3) is 5.91 Å². The first kappa shape index (κ1) is 21.6. The number of benzene rings is 2. The molecule has 0 bridgehead atoms. The lowest BCUT2D eigenvalue weighted by atomic mass is 9.86. The molecule has 0 saturated carbocycles. The number of likely N-dealkylation sites (tertiary alicyclic amines) is 1. The average molecular weight is 393 g/mol. The highest BCUT2D eigenvalue weighted by Crippen LogP contribution is 2.24. The summed E-state index contributed by atoms with van der Waals surface area (Å²) < 4.78 is 0. The zero-order chi connectivity index (χ0) is 21.0. The van der Waals surface area contributed by atoms with Gasteiger partial charge in [0, 0.05) is 18.7 Å². The van der Waals surface area contributed by atoms with Crippen molar-refractivity contribution in [2.45, 2.75) is 65.5 Å². The summed E-state index contributed by atoms with van der Waals surface area (Å²) in [5.74, 6) is 0.767. The summed E-state index contributed by atoms with van der Waals surface area (Å²) in [7, 11) is 0. The molecule has 2 aromatic rings. The molecular formula is C26H36N2O. The second kappa shape index (κ2) is 9.13. The number of piperidine rings is 1. The minimum absolute atomic E-state index is 0.0180. The molecule has 1 heterocycles. The minimum atomic E-state index is -0.0222. The number of nitrogens with zero attached hydrogens (tertiary/aromatic N) is 1. The monoisotopic (exact) mass is 392 g/mol. The van der Waals surface area contributed by atoms with Crippen molar-refractivity contribution in [1.29, 1.82) is 0 Å². The zero-order valence-electron chi connectivity index (χ0n) is 18.7. The maximum absolute atomic E-state index is 12.7. The smallest absolute Gasteiger partial charge is 0.251 e. The SMILES string of the molecule is C[C@@H]1CCCN(Cc2ccc(C(=O)N[C@H](C)c3ccc(C(C)(C)C)cc3)cc2)C1. The minimum Gasteiger partial charge on any atom is -0.346 e. The van der Waals surface area contributed by atoms with Crippen LogP contribution in [-0.4, -0.2) is 23.9 Å². The number of hydrogen-bond donors (Lipinski definition) is 1. The fourth-order valence-electron chi connectivity index (χ4n) is 4.09. The van der Waals surface area contributed by atoms with Crippen LogP contribution >= 0.6 is 0 Å². The van der Waals surface area contributed by atoms with Crippen LogP contribution in [0.3, 0.4) is 0 Å². The molecule has 0 radical (unpaired) electrons. The van der Waals surface area contributed by atoms with Crippen molar-refractivity contribution in [3.05, 3.63) is 70.8 Å². The molecule has 0 unspecified atom stereocenters. The van der Waals surface area contributed by atoms with Crippen molar-refractivity contribution in [2.24, 2.45) is 5.92 Å². The van der Waals surface area contributed by atoms with Gasteiger partial charge in [0.15, 0.2) is 0 Å². The number of carbonyl (C=O) groups excluding carboxylic acids is 1. The maximum atomic E-state index is 12.7. The Hall–Kier alpha value is -2.13. The van der Waals surface area contributed by atoms with E-state index in [4.69, 9.17) is 0 Å². The third-order valence-corrected chi connectivity index (χ3v) is 5.99. The predicted octanol–water partition coefficient (Wildman–Crippen LogP) is 5.71. The molecule has 0 aliphatic carbocycles. The van der Waals surface area contributed by atoms with Crippen LogP contribution in [0.5, 0.6) is 0 Å². The summed E-state index contributed by atoms with van der Waals surface area (Å²) >= 11 is 0. The van der Waals surface area contributed by atoms with Crippen LogP contribution in [0.25, 0.3) is 0 Å². The number of hydrogen-bond acceptors (Lipinski definition) is 2. The first-order valence-electron chi connectivity index (χ1n) is 10.9. The summed E-state index contributed by atoms with van der Waals surface area (Å²) in [6, 6.07) is 16.6. The van der Waals surface area contributed by atoms with Crippen LogP contribution in [0.4, 0.5) is 0 Å². The number of rotatable bonds is 5. The van der Waals surface area contributed by atoms with Crippen LogP contribution in [0, 0.1) is 5.92 Å². The van der Waals surface area contributed by atoms with Gasteiger partial charge in [-0.2, -0.15) is 0 Å². The van der Waals surface area contributed by atoms with Crippen molar-refractivity contribution in [2.75, 3.05) is 13.1 Å². The highest BCUT2D eigenvalue weighted by atomic mass is 16.1. The average Bonchev–Trinajstić information content (AvgIpc) is 2.68. The van der Waals surface area contributed by atoms with Gasteiger partial charge in [0.05, 0.1) is 6.04 Å². The van der Waals surface area contributed by atoms with E-state index in [1.807, 2.05) is 19.1 Å². The fraction of sp³-hybridized carbons (Fsp3) is 0.500. The largest absolute Gasteiger partial charge is 0.346 e. The van der Waals surface area contributed by atoms with Gasteiger partial charge in [-0.05, 0) is 66.5 Å². The second-order valence-corrected chi connectivity index (χ2v) is 9.75. The Morgan fingerprint density at radius 1 is 1.10 bits per heavy atom. The molecule has 1 N–H and O–H groups in total. The fourth-order valence-corrected chi connectivity index (χ4v) is 4.09. The molecule has 1 saturated heterocycles. The summed E-state index contributed by atoms with van der Waals surface area (Å²) in [6.07, 6.45) is 2.63. The van der Waals surface area contributed by atoms with Crippen molar-refractivity contribution in [1.82, 2.24) is 10.2 Å². The molecule has 3 nitrogen and oxygen atoms in total. The van der Waals surface area contributed by atoms with Crippen molar-refractivity contribution < 1.29 is 4.79 Å². The van der Waals surface area contributed by atoms with E-state index >= 15 is 0 Å². The summed E-state index contributed by atoms with van der Waals surface area (Å²) in [6.45, 7) is 14.3. The van der Waals surface area contributed by atoms with Gasteiger partial charge in [0.1, 0.15) is 0 Å². The molecule has 3 rings (SSSR count). The maximum Gasteiger partial charge on any atom is 0.251 e. The van der Waals surface area contributed by atoms with Crippen LogP contribution in [0.1, 0.15) is 80.6 Å². The molecule has 29 heavy (non-hydrogen) atoms. The third kappa shape index (κ3) is 5.93. The molecule has 156 valence electrons. The Balaban J connectivity index is 1.57. The predicted molar refractivity (Wildman–Crippen MR) is 121 cm³/mol. The first-order valence-corrected chi connectivity index (χ1v) is 10.9. The molecule has 1 aliphatic rings. The molecule has 0 spiro atoms. The normalized spacial score (nSPS) is 19.0. The van der Waals surface area contributed by atoms with Gasteiger partial charge in [-0.25, -0.2) is 0 Å². The number of nitrogens with one attached hydrogen (secondary N) is 1. The Morgan fingerprint density at radius 3 is 2.34 bits per heavy atom. The molecular weight excluding hydrogens is 356 g/mol. The lowest BCUT2D eigenvalue weighted by Crippen LogP contribution is -2.33. The van der Waals surface area contributed by atoms with E-state index in [0.29, 0.717) is 0 Å². The van der Waals surface area contributed by atoms with E-state index < -0.39 is 0 Å². The Kier molecular flexibility index (Phi) is 6.79. The van der Waals surface area contributed by atoms with Crippen LogP contribution in [0.2, 0.25) is 0 Å². The van der Waals surface area contributed by atoms with Gasteiger partial charge >= 0.3 is 0 Å². The van der Waals surface area contributed by atoms with Gasteiger partial charge in [-0.1, -0.05) is 64.1 Å². The van der Waals surface area contributed by atoms with E-state index in [2.05, 4.69) is 74.3 Å². The van der Waals surface area contributed by atoms with E-state index in [-0.39, 0.29) is 17.4 Å². The number of amides is 1. The van der Waals surface area contributed by atoms with Crippen LogP contribution in [0.15, 0.2) is 48.5 Å². The standard InChI is InChI=1S/C26H36N2O/c1-19-7-6-16-28(17-19)18-21-8-10-23(11-9-21)25(29)27-20(2)22-12-14-24(15-13-22)26(3,4)5/h8-15,19-20H,6-7,16-18H2,1-5H3,(H,27,29)/t19-,20-/m1/s1. The third-order valence-electron chi connectivity index (χ3n) is 5.99. The topological polar surface area (TPSA) is 32.3 Å². The van der Waals surface area contributed by atoms with Crippen molar-refractivity contribution in [3.8, 4) is 0 Å². The highest BCUT2D eigenvalue weighted by molar-refractivity contribution is 5.94. The summed E-state index contributed by atoms with van der Waals surface area (Å²) in [5, 5.41) is 3.13. The molecule has 3 heteroatoms. The molecule has 2 atom stereocenters. The molecule has 2 aromatic carbocycles. The van der Waals surface area contributed by atoms with E-state index in [1.165, 1.54) is 37.1 Å². The Morgan fingerprint density at radius 2 is 1.76 bits per heavy atom. The highest BCUT2D eigenvalue weighted by Gasteiger charge is 2.17. The summed E-state index contributed by atoms with van der Waals surface area (Å²) in [5.41, 5.74) is 4.57. The second-order valence-electron chi connectivity index (χ2n) is 9.75. The summed E-state index contributed by atoms with van der Waals surface area (Å²) in [4.78, 5) is 15.2. The molecule has 1 fully saturated rings. The Bertz CT molecular complexity index is 802. The molecule has 0 aromatic heterocycles. The van der Waals surface area contributed by atoms with Gasteiger partial charge in [-0.3, -0.25) is 9.69 Å². The van der Waals surface area contributed by atoms with Crippen molar-refractivity contribution in [3.63, 3.8) is 0 Å².